The van der Waals surface area contributed by atoms with Crippen LogP contribution in [0.25, 0.3) is 0 Å². The third-order valence-electron chi connectivity index (χ3n) is 6.11. The molecule has 1 heterocycles. The molecular formula is C15H24O3. The summed E-state index contributed by atoms with van der Waals surface area (Å²) in [5.41, 5.74) is -1.02. The highest BCUT2D eigenvalue weighted by atomic mass is 16.6. The smallest absolute Gasteiger partial charge is 0.124 e. The van der Waals surface area contributed by atoms with Gasteiger partial charge in [0.1, 0.15) is 5.60 Å². The van der Waals surface area contributed by atoms with Crippen molar-refractivity contribution in [3.05, 3.63) is 12.2 Å². The van der Waals surface area contributed by atoms with E-state index in [0.717, 1.165) is 25.7 Å². The molecule has 0 aromatic rings. The van der Waals surface area contributed by atoms with Gasteiger partial charge in [0.15, 0.2) is 0 Å². The van der Waals surface area contributed by atoms with E-state index >= 15 is 0 Å². The Morgan fingerprint density at radius 2 is 1.89 bits per heavy atom. The van der Waals surface area contributed by atoms with E-state index in [-0.39, 0.29) is 29.1 Å². The second kappa shape index (κ2) is 3.38. The zero-order chi connectivity index (χ0) is 13.2. The van der Waals surface area contributed by atoms with Gasteiger partial charge in [-0.3, -0.25) is 0 Å². The number of hydrogen-bond donors (Lipinski definition) is 2. The van der Waals surface area contributed by atoms with Gasteiger partial charge in [-0.2, -0.15) is 0 Å². The molecule has 0 spiro atoms. The van der Waals surface area contributed by atoms with Crippen LogP contribution in [0.3, 0.4) is 0 Å². The van der Waals surface area contributed by atoms with Gasteiger partial charge < -0.3 is 14.9 Å². The lowest BCUT2D eigenvalue weighted by molar-refractivity contribution is -0.0419. The third-order valence-corrected chi connectivity index (χ3v) is 6.11. The van der Waals surface area contributed by atoms with Gasteiger partial charge in [-0.05, 0) is 38.0 Å². The fourth-order valence-electron chi connectivity index (χ4n) is 4.21. The summed E-state index contributed by atoms with van der Waals surface area (Å²) in [5, 5.41) is 19.8. The van der Waals surface area contributed by atoms with E-state index in [1.807, 2.05) is 13.0 Å². The first kappa shape index (κ1) is 12.6. The van der Waals surface area contributed by atoms with Crippen molar-refractivity contribution in [2.24, 2.45) is 10.8 Å². The highest BCUT2D eigenvalue weighted by Gasteiger charge is 2.74. The number of ether oxygens (including phenoxy) is 1. The molecule has 1 saturated carbocycles. The van der Waals surface area contributed by atoms with E-state index in [2.05, 4.69) is 19.9 Å². The monoisotopic (exact) mass is 252 g/mol. The molecule has 18 heavy (non-hydrogen) atoms. The van der Waals surface area contributed by atoms with Gasteiger partial charge in [0.2, 0.25) is 0 Å². The average molecular weight is 252 g/mol. The maximum absolute atomic E-state index is 10.1. The second-order valence-electron chi connectivity index (χ2n) is 7.13. The number of allylic oxidation sites excluding steroid dienone is 1. The number of rotatable bonds is 2. The van der Waals surface area contributed by atoms with Crippen molar-refractivity contribution in [1.29, 1.82) is 0 Å². The zero-order valence-corrected chi connectivity index (χ0v) is 11.6. The highest BCUT2D eigenvalue weighted by Crippen LogP contribution is 2.69. The molecule has 0 unspecified atom stereocenters. The van der Waals surface area contributed by atoms with Crippen molar-refractivity contribution in [3.63, 3.8) is 0 Å². The standard InChI is InChI=1S/C15H24O3/c1-12(6-8-13(2,17)9-7-12)14(3)5-4-11-15(14,10-16)18-11/h6,8,11,16-17H,4-5,7,9-10H2,1-3H3/t11-,12-,13+,14-,15-/m0/s1. The molecule has 2 fully saturated rings. The summed E-state index contributed by atoms with van der Waals surface area (Å²) >= 11 is 0. The summed E-state index contributed by atoms with van der Waals surface area (Å²) in [6.07, 6.45) is 8.23. The van der Waals surface area contributed by atoms with Crippen molar-refractivity contribution in [2.75, 3.05) is 6.61 Å². The van der Waals surface area contributed by atoms with Crippen LogP contribution in [0.2, 0.25) is 0 Å². The third kappa shape index (κ3) is 1.36. The van der Waals surface area contributed by atoms with E-state index in [9.17, 15) is 10.2 Å². The number of fused-ring (bicyclic) bond motifs is 1. The molecule has 2 N–H and O–H groups in total. The van der Waals surface area contributed by atoms with Gasteiger partial charge in [-0.25, -0.2) is 0 Å². The summed E-state index contributed by atoms with van der Waals surface area (Å²) in [7, 11) is 0. The van der Waals surface area contributed by atoms with Crippen LogP contribution in [-0.2, 0) is 4.74 Å². The van der Waals surface area contributed by atoms with Crippen molar-refractivity contribution in [1.82, 2.24) is 0 Å². The molecule has 0 radical (unpaired) electrons. The summed E-state index contributed by atoms with van der Waals surface area (Å²) in [6.45, 7) is 6.48. The summed E-state index contributed by atoms with van der Waals surface area (Å²) in [5.74, 6) is 0. The number of epoxide rings is 1. The quantitative estimate of drug-likeness (QED) is 0.584. The van der Waals surface area contributed by atoms with Crippen molar-refractivity contribution >= 4 is 0 Å². The van der Waals surface area contributed by atoms with Crippen LogP contribution in [0.15, 0.2) is 12.2 Å². The number of aliphatic hydroxyl groups excluding tert-OH is 1. The molecule has 3 aliphatic rings. The largest absolute Gasteiger partial charge is 0.393 e. The molecule has 3 nitrogen and oxygen atoms in total. The molecule has 2 aliphatic carbocycles. The van der Waals surface area contributed by atoms with Crippen LogP contribution in [0.4, 0.5) is 0 Å². The van der Waals surface area contributed by atoms with E-state index < -0.39 is 5.60 Å². The fourth-order valence-corrected chi connectivity index (χ4v) is 4.21. The van der Waals surface area contributed by atoms with Crippen LogP contribution in [0, 0.1) is 10.8 Å². The van der Waals surface area contributed by atoms with Gasteiger partial charge >= 0.3 is 0 Å². The van der Waals surface area contributed by atoms with Crippen LogP contribution in [0.5, 0.6) is 0 Å². The first-order valence-corrected chi connectivity index (χ1v) is 7.00. The Labute approximate surface area is 109 Å². The lowest BCUT2D eigenvalue weighted by Crippen LogP contribution is -2.50. The Morgan fingerprint density at radius 3 is 2.39 bits per heavy atom. The van der Waals surface area contributed by atoms with E-state index in [4.69, 9.17) is 4.74 Å². The molecule has 0 aromatic heterocycles. The lowest BCUT2D eigenvalue weighted by atomic mass is 9.55. The molecular weight excluding hydrogens is 228 g/mol. The molecule has 0 bridgehead atoms. The topological polar surface area (TPSA) is 53.0 Å². The molecule has 102 valence electrons. The Kier molecular flexibility index (Phi) is 2.38. The molecule has 3 rings (SSSR count). The SMILES string of the molecule is C[C@@]1([C@@]2(C)C=C[C@@](C)(O)CC2)CC[C@@H]2O[C@@]21CO. The summed E-state index contributed by atoms with van der Waals surface area (Å²) in [4.78, 5) is 0. The lowest BCUT2D eigenvalue weighted by Gasteiger charge is -2.49. The maximum atomic E-state index is 10.1. The summed E-state index contributed by atoms with van der Waals surface area (Å²) in [6, 6.07) is 0. The summed E-state index contributed by atoms with van der Waals surface area (Å²) < 4.78 is 5.83. The minimum absolute atomic E-state index is 0.00319. The Hall–Kier alpha value is -0.380. The second-order valence-corrected chi connectivity index (χ2v) is 7.13. The first-order valence-electron chi connectivity index (χ1n) is 7.00. The van der Waals surface area contributed by atoms with Crippen LogP contribution < -0.4 is 0 Å². The number of hydrogen-bond acceptors (Lipinski definition) is 3. The Balaban J connectivity index is 1.95. The minimum atomic E-state index is -0.676. The van der Waals surface area contributed by atoms with E-state index in [1.54, 1.807) is 0 Å². The average Bonchev–Trinajstić information content (AvgIpc) is 2.99. The predicted octanol–water partition coefficient (Wildman–Crippen LogP) is 2.02. The van der Waals surface area contributed by atoms with E-state index in [1.165, 1.54) is 0 Å². The van der Waals surface area contributed by atoms with Gasteiger partial charge in [0.25, 0.3) is 0 Å². The van der Waals surface area contributed by atoms with E-state index in [0.29, 0.717) is 0 Å². The maximum Gasteiger partial charge on any atom is 0.124 e. The Bertz CT molecular complexity index is 399. The molecule has 1 aliphatic heterocycles. The zero-order valence-electron chi connectivity index (χ0n) is 11.6. The minimum Gasteiger partial charge on any atom is -0.393 e. The van der Waals surface area contributed by atoms with Gasteiger partial charge in [-0.1, -0.05) is 26.0 Å². The molecule has 1 saturated heterocycles. The molecule has 0 amide bonds. The molecule has 3 heteroatoms. The van der Waals surface area contributed by atoms with Crippen LogP contribution >= 0.6 is 0 Å². The van der Waals surface area contributed by atoms with Crippen molar-refractivity contribution in [2.45, 2.75) is 63.8 Å². The number of aliphatic hydroxyl groups is 2. The molecule has 0 aromatic carbocycles. The van der Waals surface area contributed by atoms with Gasteiger partial charge in [-0.15, -0.1) is 0 Å². The van der Waals surface area contributed by atoms with Crippen molar-refractivity contribution in [3.8, 4) is 0 Å². The van der Waals surface area contributed by atoms with Gasteiger partial charge in [0.05, 0.1) is 18.3 Å². The molecule has 5 atom stereocenters. The van der Waals surface area contributed by atoms with Gasteiger partial charge in [0, 0.05) is 5.41 Å². The normalized spacial score (nSPS) is 58.6. The predicted molar refractivity (Wildman–Crippen MR) is 69.1 cm³/mol. The van der Waals surface area contributed by atoms with Crippen LogP contribution in [0.1, 0.15) is 46.5 Å². The fraction of sp³-hybridized carbons (Fsp3) is 0.867. The van der Waals surface area contributed by atoms with Crippen LogP contribution in [-0.4, -0.2) is 34.1 Å². The Morgan fingerprint density at radius 1 is 1.17 bits per heavy atom. The van der Waals surface area contributed by atoms with Crippen molar-refractivity contribution < 1.29 is 14.9 Å². The first-order chi connectivity index (χ1) is 8.29. The highest BCUT2D eigenvalue weighted by molar-refractivity contribution is 5.27.